The number of para-hydroxylation sites is 1. The smallest absolute Gasteiger partial charge is 0.123 e. The average Bonchev–Trinajstić information content (AvgIpc) is 2.71. The van der Waals surface area contributed by atoms with Crippen LogP contribution >= 0.6 is 11.6 Å². The predicted octanol–water partition coefficient (Wildman–Crippen LogP) is 4.18. The van der Waals surface area contributed by atoms with Gasteiger partial charge in [0, 0.05) is 11.8 Å². The molecule has 1 aliphatic heterocycles. The number of rotatable bonds is 5. The third kappa shape index (κ3) is 2.91. The van der Waals surface area contributed by atoms with Gasteiger partial charge in [-0.3, -0.25) is 0 Å². The maximum absolute atomic E-state index is 6.10. The van der Waals surface area contributed by atoms with E-state index in [0.717, 1.165) is 31.4 Å². The highest BCUT2D eigenvalue weighted by Gasteiger charge is 2.21. The first-order chi connectivity index (χ1) is 7.79. The molecule has 0 fully saturated rings. The molecule has 1 nitrogen and oxygen atoms in total. The van der Waals surface area contributed by atoms with Crippen LogP contribution in [0, 0.1) is 0 Å². The van der Waals surface area contributed by atoms with E-state index in [0.29, 0.717) is 11.5 Å². The van der Waals surface area contributed by atoms with E-state index in [1.165, 1.54) is 12.0 Å². The molecule has 0 aromatic heterocycles. The molecule has 1 heterocycles. The van der Waals surface area contributed by atoms with Gasteiger partial charge in [0.15, 0.2) is 0 Å². The molecule has 1 aromatic rings. The predicted molar refractivity (Wildman–Crippen MR) is 68.3 cm³/mol. The molecule has 0 radical (unpaired) electrons. The Labute approximate surface area is 103 Å². The number of alkyl halides is 1. The van der Waals surface area contributed by atoms with Crippen molar-refractivity contribution in [1.82, 2.24) is 0 Å². The zero-order chi connectivity index (χ0) is 11.4. The molecular formula is C14H19ClO. The van der Waals surface area contributed by atoms with Crippen molar-refractivity contribution in [3.8, 4) is 5.75 Å². The van der Waals surface area contributed by atoms with Crippen LogP contribution in [0.5, 0.6) is 5.75 Å². The fraction of sp³-hybridized carbons (Fsp3) is 0.571. The van der Waals surface area contributed by atoms with Gasteiger partial charge in [0.25, 0.3) is 0 Å². The first-order valence-corrected chi connectivity index (χ1v) is 6.62. The second kappa shape index (κ2) is 5.58. The van der Waals surface area contributed by atoms with Gasteiger partial charge >= 0.3 is 0 Å². The van der Waals surface area contributed by atoms with E-state index in [1.807, 2.05) is 6.07 Å². The Morgan fingerprint density at radius 2 is 2.25 bits per heavy atom. The molecule has 1 aliphatic rings. The van der Waals surface area contributed by atoms with Crippen LogP contribution < -0.4 is 4.74 Å². The largest absolute Gasteiger partial charge is 0.490 e. The van der Waals surface area contributed by atoms with Crippen molar-refractivity contribution < 1.29 is 4.74 Å². The minimum absolute atomic E-state index is 0.337. The van der Waals surface area contributed by atoms with Crippen molar-refractivity contribution in [1.29, 1.82) is 0 Å². The van der Waals surface area contributed by atoms with Crippen molar-refractivity contribution >= 4 is 11.6 Å². The molecule has 2 atom stereocenters. The Morgan fingerprint density at radius 1 is 1.44 bits per heavy atom. The zero-order valence-corrected chi connectivity index (χ0v) is 10.5. The minimum Gasteiger partial charge on any atom is -0.490 e. The molecule has 0 saturated carbocycles. The number of benzene rings is 1. The lowest BCUT2D eigenvalue weighted by Gasteiger charge is -2.11. The topological polar surface area (TPSA) is 9.23 Å². The maximum Gasteiger partial charge on any atom is 0.123 e. The molecule has 1 aromatic carbocycles. The quantitative estimate of drug-likeness (QED) is 0.700. The second-order valence-corrected chi connectivity index (χ2v) is 5.11. The molecule has 0 aliphatic carbocycles. The summed E-state index contributed by atoms with van der Waals surface area (Å²) in [6.45, 7) is 2.14. The highest BCUT2D eigenvalue weighted by Crippen LogP contribution is 2.30. The van der Waals surface area contributed by atoms with Crippen molar-refractivity contribution in [2.45, 2.75) is 50.5 Å². The van der Waals surface area contributed by atoms with Gasteiger partial charge in [-0.1, -0.05) is 25.1 Å². The molecule has 0 spiro atoms. The van der Waals surface area contributed by atoms with E-state index in [9.17, 15) is 0 Å². The van der Waals surface area contributed by atoms with E-state index in [-0.39, 0.29) is 0 Å². The van der Waals surface area contributed by atoms with Crippen LogP contribution in [0.4, 0.5) is 0 Å². The van der Waals surface area contributed by atoms with Gasteiger partial charge in [0.2, 0.25) is 0 Å². The molecule has 2 rings (SSSR count). The molecule has 0 saturated heterocycles. The Bertz CT molecular complexity index is 312. The number of halogens is 1. The van der Waals surface area contributed by atoms with Crippen molar-refractivity contribution in [2.75, 3.05) is 0 Å². The normalized spacial score (nSPS) is 20.2. The van der Waals surface area contributed by atoms with E-state index in [4.69, 9.17) is 16.3 Å². The van der Waals surface area contributed by atoms with Crippen LogP contribution in [0.25, 0.3) is 0 Å². The van der Waals surface area contributed by atoms with Crippen LogP contribution in [-0.4, -0.2) is 11.5 Å². The lowest BCUT2D eigenvalue weighted by molar-refractivity contribution is 0.216. The number of hydrogen-bond acceptors (Lipinski definition) is 1. The summed E-state index contributed by atoms with van der Waals surface area (Å²) < 4.78 is 5.88. The van der Waals surface area contributed by atoms with Gasteiger partial charge in [-0.25, -0.2) is 0 Å². The second-order valence-electron chi connectivity index (χ2n) is 4.49. The molecule has 0 bridgehead atoms. The van der Waals surface area contributed by atoms with Gasteiger partial charge < -0.3 is 4.74 Å². The third-order valence-electron chi connectivity index (χ3n) is 3.20. The Balaban J connectivity index is 1.75. The number of ether oxygens (including phenoxy) is 1. The summed E-state index contributed by atoms with van der Waals surface area (Å²) in [5.74, 6) is 1.07. The summed E-state index contributed by atoms with van der Waals surface area (Å²) in [4.78, 5) is 0. The summed E-state index contributed by atoms with van der Waals surface area (Å²) >= 11 is 6.10. The fourth-order valence-corrected chi connectivity index (χ4v) is 2.34. The summed E-state index contributed by atoms with van der Waals surface area (Å²) in [6.07, 6.45) is 5.90. The molecule has 88 valence electrons. The van der Waals surface area contributed by atoms with Crippen molar-refractivity contribution in [3.63, 3.8) is 0 Å². The van der Waals surface area contributed by atoms with E-state index in [1.54, 1.807) is 0 Å². The first-order valence-electron chi connectivity index (χ1n) is 6.18. The Kier molecular flexibility index (Phi) is 4.11. The summed E-state index contributed by atoms with van der Waals surface area (Å²) in [5.41, 5.74) is 1.35. The van der Waals surface area contributed by atoms with Crippen molar-refractivity contribution in [3.05, 3.63) is 29.8 Å². The number of fused-ring (bicyclic) bond motifs is 1. The van der Waals surface area contributed by atoms with Crippen LogP contribution in [0.1, 0.15) is 38.2 Å². The van der Waals surface area contributed by atoms with Gasteiger partial charge in [-0.2, -0.15) is 0 Å². The summed E-state index contributed by atoms with van der Waals surface area (Å²) in [7, 11) is 0. The summed E-state index contributed by atoms with van der Waals surface area (Å²) in [5, 5.41) is 0.337. The lowest BCUT2D eigenvalue weighted by atomic mass is 10.0. The van der Waals surface area contributed by atoms with Crippen LogP contribution in [0.2, 0.25) is 0 Å². The van der Waals surface area contributed by atoms with Crippen LogP contribution in [0.3, 0.4) is 0 Å². The molecule has 0 amide bonds. The summed E-state index contributed by atoms with van der Waals surface area (Å²) in [6, 6.07) is 8.33. The van der Waals surface area contributed by atoms with Crippen molar-refractivity contribution in [2.24, 2.45) is 0 Å². The standard InChI is InChI=1S/C14H19ClO/c1-2-12(15)7-5-8-13-10-11-6-3-4-9-14(11)16-13/h3-4,6,9,12-13H,2,5,7-8,10H2,1H3. The van der Waals surface area contributed by atoms with Gasteiger partial charge in [-0.15, -0.1) is 11.6 Å². The zero-order valence-electron chi connectivity index (χ0n) is 9.79. The third-order valence-corrected chi connectivity index (χ3v) is 3.73. The first kappa shape index (κ1) is 11.8. The Morgan fingerprint density at radius 3 is 3.00 bits per heavy atom. The van der Waals surface area contributed by atoms with Crippen LogP contribution in [-0.2, 0) is 6.42 Å². The molecule has 16 heavy (non-hydrogen) atoms. The SMILES string of the molecule is CCC(Cl)CCCC1Cc2ccccc2O1. The van der Waals surface area contributed by atoms with E-state index < -0.39 is 0 Å². The van der Waals surface area contributed by atoms with Gasteiger partial charge in [0.1, 0.15) is 11.9 Å². The highest BCUT2D eigenvalue weighted by molar-refractivity contribution is 6.20. The molecule has 2 unspecified atom stereocenters. The number of hydrogen-bond donors (Lipinski definition) is 0. The minimum atomic E-state index is 0.337. The van der Waals surface area contributed by atoms with E-state index >= 15 is 0 Å². The monoisotopic (exact) mass is 238 g/mol. The highest BCUT2D eigenvalue weighted by atomic mass is 35.5. The molecule has 2 heteroatoms. The average molecular weight is 239 g/mol. The maximum atomic E-state index is 6.10. The molecule has 0 N–H and O–H groups in total. The lowest BCUT2D eigenvalue weighted by Crippen LogP contribution is -2.13. The van der Waals surface area contributed by atoms with Gasteiger partial charge in [0.05, 0.1) is 0 Å². The molecular weight excluding hydrogens is 220 g/mol. The van der Waals surface area contributed by atoms with Gasteiger partial charge in [-0.05, 0) is 37.3 Å². The van der Waals surface area contributed by atoms with E-state index in [2.05, 4.69) is 25.1 Å². The van der Waals surface area contributed by atoms with Crippen LogP contribution in [0.15, 0.2) is 24.3 Å². The Hall–Kier alpha value is -0.690. The fourth-order valence-electron chi connectivity index (χ4n) is 2.19.